The molecule has 0 bridgehead atoms. The number of nitrogens with one attached hydrogen (secondary N) is 1. The minimum atomic E-state index is -0.339. The summed E-state index contributed by atoms with van der Waals surface area (Å²) in [6.45, 7) is 1.82. The van der Waals surface area contributed by atoms with E-state index in [1.807, 2.05) is 48.5 Å². The Bertz CT molecular complexity index is 673. The van der Waals surface area contributed by atoms with E-state index in [0.717, 1.165) is 22.6 Å². The van der Waals surface area contributed by atoms with Gasteiger partial charge in [0.15, 0.2) is 11.5 Å². The number of carbonyl (C=O) groups is 1. The zero-order valence-electron chi connectivity index (χ0n) is 12.8. The summed E-state index contributed by atoms with van der Waals surface area (Å²) in [4.78, 5) is 12.4. The molecule has 120 valence electrons. The van der Waals surface area contributed by atoms with Gasteiger partial charge in [0.05, 0.1) is 5.92 Å². The van der Waals surface area contributed by atoms with E-state index in [0.29, 0.717) is 19.8 Å². The van der Waals surface area contributed by atoms with Crippen molar-refractivity contribution in [1.82, 2.24) is 5.32 Å². The van der Waals surface area contributed by atoms with Gasteiger partial charge in [-0.1, -0.05) is 36.4 Å². The summed E-state index contributed by atoms with van der Waals surface area (Å²) in [5.74, 6) is 1.05. The summed E-state index contributed by atoms with van der Waals surface area (Å²) < 4.78 is 11.0. The maximum Gasteiger partial charge on any atom is 0.229 e. The summed E-state index contributed by atoms with van der Waals surface area (Å²) in [6, 6.07) is 15.3. The maximum absolute atomic E-state index is 12.4. The summed E-state index contributed by atoms with van der Waals surface area (Å²) in [6.07, 6.45) is 0. The highest BCUT2D eigenvalue weighted by Crippen LogP contribution is 2.30. The van der Waals surface area contributed by atoms with Gasteiger partial charge in [-0.15, -0.1) is 0 Å². The average molecular weight is 312 g/mol. The van der Waals surface area contributed by atoms with Crippen LogP contribution in [-0.4, -0.2) is 25.7 Å². The van der Waals surface area contributed by atoms with Gasteiger partial charge in [-0.05, 0) is 23.3 Å². The van der Waals surface area contributed by atoms with Gasteiger partial charge >= 0.3 is 0 Å². The average Bonchev–Trinajstić information content (AvgIpc) is 2.61. The molecule has 1 heterocycles. The zero-order valence-corrected chi connectivity index (χ0v) is 12.8. The molecular weight excluding hydrogens is 292 g/mol. The monoisotopic (exact) mass is 312 g/mol. The molecule has 3 N–H and O–H groups in total. The normalized spacial score (nSPS) is 14.1. The van der Waals surface area contributed by atoms with E-state index < -0.39 is 0 Å². The smallest absolute Gasteiger partial charge is 0.229 e. The number of amides is 1. The van der Waals surface area contributed by atoms with E-state index in [-0.39, 0.29) is 18.4 Å². The maximum atomic E-state index is 12.4. The molecule has 0 aliphatic carbocycles. The number of hydrogen-bond acceptors (Lipinski definition) is 4. The van der Waals surface area contributed by atoms with Gasteiger partial charge in [-0.25, -0.2) is 0 Å². The van der Waals surface area contributed by atoms with Crippen molar-refractivity contribution in [3.05, 3.63) is 59.7 Å². The van der Waals surface area contributed by atoms with Crippen molar-refractivity contribution in [3.8, 4) is 11.5 Å². The molecule has 3 rings (SSSR count). The lowest BCUT2D eigenvalue weighted by atomic mass is 9.98. The van der Waals surface area contributed by atoms with E-state index in [1.54, 1.807) is 0 Å². The molecule has 23 heavy (non-hydrogen) atoms. The molecule has 2 aromatic carbocycles. The Kier molecular flexibility index (Phi) is 4.78. The van der Waals surface area contributed by atoms with Crippen LogP contribution in [0.2, 0.25) is 0 Å². The standard InChI is InChI=1S/C18H20N2O3/c19-11-15(14-4-2-1-3-5-14)18(21)20-12-13-6-7-16-17(10-13)23-9-8-22-16/h1-7,10,15H,8-9,11-12,19H2,(H,20,21). The van der Waals surface area contributed by atoms with Crippen LogP contribution >= 0.6 is 0 Å². The molecule has 0 saturated carbocycles. The molecule has 5 heteroatoms. The van der Waals surface area contributed by atoms with Crippen LogP contribution in [0.15, 0.2) is 48.5 Å². The summed E-state index contributed by atoms with van der Waals surface area (Å²) in [7, 11) is 0. The van der Waals surface area contributed by atoms with Gasteiger partial charge in [-0.3, -0.25) is 4.79 Å². The minimum Gasteiger partial charge on any atom is -0.486 e. The number of carbonyl (C=O) groups excluding carboxylic acids is 1. The topological polar surface area (TPSA) is 73.6 Å². The highest BCUT2D eigenvalue weighted by molar-refractivity contribution is 5.83. The Balaban J connectivity index is 1.64. The van der Waals surface area contributed by atoms with Crippen LogP contribution in [-0.2, 0) is 11.3 Å². The van der Waals surface area contributed by atoms with Crippen molar-refractivity contribution in [2.45, 2.75) is 12.5 Å². The second-order valence-electron chi connectivity index (χ2n) is 5.39. The molecule has 1 aliphatic heterocycles. The number of ether oxygens (including phenoxy) is 2. The molecule has 1 aliphatic rings. The molecule has 1 unspecified atom stereocenters. The summed E-state index contributed by atoms with van der Waals surface area (Å²) >= 11 is 0. The van der Waals surface area contributed by atoms with E-state index in [2.05, 4.69) is 5.32 Å². The van der Waals surface area contributed by atoms with Crippen LogP contribution in [0.5, 0.6) is 11.5 Å². The van der Waals surface area contributed by atoms with Crippen LogP contribution in [0, 0.1) is 0 Å². The van der Waals surface area contributed by atoms with Gasteiger partial charge in [0, 0.05) is 13.1 Å². The number of hydrogen-bond donors (Lipinski definition) is 2. The van der Waals surface area contributed by atoms with Crippen molar-refractivity contribution in [3.63, 3.8) is 0 Å². The predicted octanol–water partition coefficient (Wildman–Crippen LogP) is 1.82. The Labute approximate surface area is 135 Å². The van der Waals surface area contributed by atoms with E-state index in [1.165, 1.54) is 0 Å². The molecule has 2 aromatic rings. The molecule has 1 atom stereocenters. The molecule has 0 aromatic heterocycles. The first-order chi connectivity index (χ1) is 11.3. The van der Waals surface area contributed by atoms with Gasteiger partial charge in [-0.2, -0.15) is 0 Å². The van der Waals surface area contributed by atoms with Gasteiger partial charge < -0.3 is 20.5 Å². The fourth-order valence-electron chi connectivity index (χ4n) is 2.59. The SMILES string of the molecule is NCC(C(=O)NCc1ccc2c(c1)OCCO2)c1ccccc1. The van der Waals surface area contributed by atoms with E-state index in [4.69, 9.17) is 15.2 Å². The third-order valence-electron chi connectivity index (χ3n) is 3.83. The number of benzene rings is 2. The highest BCUT2D eigenvalue weighted by Gasteiger charge is 2.19. The first-order valence-electron chi connectivity index (χ1n) is 7.69. The van der Waals surface area contributed by atoms with Crippen molar-refractivity contribution in [2.75, 3.05) is 19.8 Å². The second kappa shape index (κ2) is 7.15. The summed E-state index contributed by atoms with van der Waals surface area (Å²) in [5, 5.41) is 2.94. The fraction of sp³-hybridized carbons (Fsp3) is 0.278. The predicted molar refractivity (Wildman–Crippen MR) is 87.5 cm³/mol. The molecule has 0 saturated heterocycles. The van der Waals surface area contributed by atoms with Crippen LogP contribution in [0.1, 0.15) is 17.0 Å². The number of rotatable bonds is 5. The fourth-order valence-corrected chi connectivity index (χ4v) is 2.59. The summed E-state index contributed by atoms with van der Waals surface area (Å²) in [5.41, 5.74) is 7.66. The number of fused-ring (bicyclic) bond motifs is 1. The van der Waals surface area contributed by atoms with E-state index >= 15 is 0 Å². The Morgan fingerprint density at radius 3 is 2.57 bits per heavy atom. The zero-order chi connectivity index (χ0) is 16.1. The van der Waals surface area contributed by atoms with E-state index in [9.17, 15) is 4.79 Å². The van der Waals surface area contributed by atoms with Gasteiger partial charge in [0.1, 0.15) is 13.2 Å². The van der Waals surface area contributed by atoms with Crippen LogP contribution in [0.3, 0.4) is 0 Å². The van der Waals surface area contributed by atoms with Crippen molar-refractivity contribution in [1.29, 1.82) is 0 Å². The minimum absolute atomic E-state index is 0.0754. The third kappa shape index (κ3) is 3.63. The van der Waals surface area contributed by atoms with Gasteiger partial charge in [0.25, 0.3) is 0 Å². The van der Waals surface area contributed by atoms with Crippen LogP contribution < -0.4 is 20.5 Å². The molecule has 1 amide bonds. The Morgan fingerprint density at radius 1 is 1.09 bits per heavy atom. The van der Waals surface area contributed by atoms with Crippen molar-refractivity contribution < 1.29 is 14.3 Å². The largest absolute Gasteiger partial charge is 0.486 e. The first kappa shape index (κ1) is 15.4. The van der Waals surface area contributed by atoms with Crippen molar-refractivity contribution >= 4 is 5.91 Å². The molecule has 0 spiro atoms. The van der Waals surface area contributed by atoms with Crippen LogP contribution in [0.25, 0.3) is 0 Å². The Morgan fingerprint density at radius 2 is 1.83 bits per heavy atom. The Hall–Kier alpha value is -2.53. The molecule has 5 nitrogen and oxygen atoms in total. The lowest BCUT2D eigenvalue weighted by molar-refractivity contribution is -0.122. The third-order valence-corrected chi connectivity index (χ3v) is 3.83. The lowest BCUT2D eigenvalue weighted by Gasteiger charge is -2.19. The lowest BCUT2D eigenvalue weighted by Crippen LogP contribution is -2.33. The quantitative estimate of drug-likeness (QED) is 0.883. The highest BCUT2D eigenvalue weighted by atomic mass is 16.6. The van der Waals surface area contributed by atoms with Crippen molar-refractivity contribution in [2.24, 2.45) is 5.73 Å². The second-order valence-corrected chi connectivity index (χ2v) is 5.39. The van der Waals surface area contributed by atoms with Crippen LogP contribution in [0.4, 0.5) is 0 Å². The molecular formula is C18H20N2O3. The molecule has 0 fully saturated rings. The molecule has 0 radical (unpaired) electrons. The number of nitrogens with two attached hydrogens (primary N) is 1. The first-order valence-corrected chi connectivity index (χ1v) is 7.69. The van der Waals surface area contributed by atoms with Gasteiger partial charge in [0.2, 0.25) is 5.91 Å².